The largest absolute Gasteiger partial charge is 0.384 e. The van der Waals surface area contributed by atoms with Crippen LogP contribution in [0.15, 0.2) is 53.4 Å². The first-order chi connectivity index (χ1) is 9.82. The summed E-state index contributed by atoms with van der Waals surface area (Å²) in [4.78, 5) is 12.1. The van der Waals surface area contributed by atoms with Crippen molar-refractivity contribution in [2.24, 2.45) is 5.73 Å². The molecule has 0 saturated carbocycles. The molecule has 0 saturated heterocycles. The minimum Gasteiger partial charge on any atom is -0.384 e. The topological polar surface area (TPSA) is 101 Å². The summed E-state index contributed by atoms with van der Waals surface area (Å²) in [7, 11) is -4.07. The van der Waals surface area contributed by atoms with Crippen LogP contribution in [0.25, 0.3) is 0 Å². The van der Waals surface area contributed by atoms with Gasteiger partial charge in [-0.15, -0.1) is 0 Å². The van der Waals surface area contributed by atoms with Crippen LogP contribution >= 0.6 is 0 Å². The first-order valence-electron chi connectivity index (χ1n) is 6.13. The van der Waals surface area contributed by atoms with Crippen molar-refractivity contribution >= 4 is 20.8 Å². The van der Waals surface area contributed by atoms with Crippen LogP contribution in [-0.2, 0) is 9.84 Å². The van der Waals surface area contributed by atoms with Gasteiger partial charge in [0.1, 0.15) is 5.84 Å². The van der Waals surface area contributed by atoms with Crippen LogP contribution in [-0.4, -0.2) is 19.4 Å². The Morgan fingerprint density at radius 3 is 1.90 bits per heavy atom. The van der Waals surface area contributed by atoms with Gasteiger partial charge in [0, 0.05) is 11.1 Å². The number of carbonyl (C=O) groups is 1. The van der Waals surface area contributed by atoms with Crippen LogP contribution in [0.4, 0.5) is 0 Å². The number of sulfone groups is 1. The molecule has 0 heterocycles. The Kier molecular flexibility index (Phi) is 3.90. The van der Waals surface area contributed by atoms with E-state index < -0.39 is 15.0 Å². The molecule has 0 radical (unpaired) electrons. The zero-order valence-electron chi connectivity index (χ0n) is 11.3. The number of benzene rings is 2. The van der Waals surface area contributed by atoms with E-state index in [2.05, 4.69) is 0 Å². The number of hydrogen-bond acceptors (Lipinski definition) is 4. The lowest BCUT2D eigenvalue weighted by molar-refractivity contribution is 0.107. The third-order valence-corrected chi connectivity index (χ3v) is 4.62. The van der Waals surface area contributed by atoms with Crippen LogP contribution < -0.4 is 5.73 Å². The number of hydrogen-bond donors (Lipinski definition) is 2. The van der Waals surface area contributed by atoms with E-state index in [9.17, 15) is 13.2 Å². The molecule has 3 N–H and O–H groups in total. The van der Waals surface area contributed by atoms with Gasteiger partial charge in [-0.2, -0.15) is 0 Å². The van der Waals surface area contributed by atoms with Crippen molar-refractivity contribution in [3.63, 3.8) is 0 Å². The highest BCUT2D eigenvalue weighted by Crippen LogP contribution is 2.17. The average molecular weight is 302 g/mol. The lowest BCUT2D eigenvalue weighted by atomic mass is 10.1. The predicted octanol–water partition coefficient (Wildman–Crippen LogP) is 1.89. The van der Waals surface area contributed by atoms with E-state index in [1.165, 1.54) is 36.4 Å². The van der Waals surface area contributed by atoms with E-state index >= 15 is 0 Å². The SMILES string of the molecule is Cc1ccc(S(=O)(=O)C(=O)c2ccc(C(=N)N)cc2)cc1. The Morgan fingerprint density at radius 1 is 0.952 bits per heavy atom. The van der Waals surface area contributed by atoms with Crippen LogP contribution in [0, 0.1) is 12.3 Å². The second-order valence-corrected chi connectivity index (χ2v) is 6.44. The summed E-state index contributed by atoms with van der Waals surface area (Å²) < 4.78 is 24.5. The van der Waals surface area contributed by atoms with Gasteiger partial charge in [-0.3, -0.25) is 10.2 Å². The average Bonchev–Trinajstić information content (AvgIpc) is 2.47. The minimum atomic E-state index is -4.07. The van der Waals surface area contributed by atoms with Gasteiger partial charge in [0.2, 0.25) is 9.84 Å². The summed E-state index contributed by atoms with van der Waals surface area (Å²) in [6.45, 7) is 1.83. The minimum absolute atomic E-state index is 0.0336. The van der Waals surface area contributed by atoms with E-state index in [-0.39, 0.29) is 16.3 Å². The van der Waals surface area contributed by atoms with Crippen molar-refractivity contribution in [3.8, 4) is 0 Å². The zero-order valence-corrected chi connectivity index (χ0v) is 12.1. The quantitative estimate of drug-likeness (QED) is 0.667. The molecule has 5 nitrogen and oxygen atoms in total. The van der Waals surface area contributed by atoms with Gasteiger partial charge in [-0.05, 0) is 31.2 Å². The van der Waals surface area contributed by atoms with Gasteiger partial charge in [-0.25, -0.2) is 8.42 Å². The first kappa shape index (κ1) is 14.9. The van der Waals surface area contributed by atoms with Crippen molar-refractivity contribution in [1.29, 1.82) is 5.41 Å². The summed E-state index contributed by atoms with van der Waals surface area (Å²) in [6, 6.07) is 11.7. The second-order valence-electron chi connectivity index (χ2n) is 4.59. The Hall–Kier alpha value is -2.47. The number of aryl methyl sites for hydroxylation is 1. The van der Waals surface area contributed by atoms with Gasteiger partial charge >= 0.3 is 0 Å². The van der Waals surface area contributed by atoms with E-state index in [0.717, 1.165) is 5.56 Å². The molecule has 21 heavy (non-hydrogen) atoms. The van der Waals surface area contributed by atoms with E-state index in [1.54, 1.807) is 12.1 Å². The Morgan fingerprint density at radius 2 is 1.43 bits per heavy atom. The number of amidine groups is 1. The molecule has 0 spiro atoms. The molecule has 0 aromatic heterocycles. The number of nitrogens with two attached hydrogens (primary N) is 1. The second kappa shape index (κ2) is 5.49. The van der Waals surface area contributed by atoms with Crippen molar-refractivity contribution < 1.29 is 13.2 Å². The van der Waals surface area contributed by atoms with Crippen LogP contribution in [0.2, 0.25) is 0 Å². The lowest BCUT2D eigenvalue weighted by Crippen LogP contribution is -2.16. The summed E-state index contributed by atoms with van der Waals surface area (Å²) in [5.41, 5.74) is 6.69. The standard InChI is InChI=1S/C15H14N2O3S/c1-10-2-8-13(9-3-10)21(19,20)15(18)12-6-4-11(5-7-12)14(16)17/h2-9H,1H3,(H3,16,17). The molecular weight excluding hydrogens is 288 g/mol. The molecule has 0 bridgehead atoms. The van der Waals surface area contributed by atoms with E-state index in [1.807, 2.05) is 6.92 Å². The number of rotatable bonds is 3. The molecular formula is C15H14N2O3S. The van der Waals surface area contributed by atoms with Crippen molar-refractivity contribution in [2.75, 3.05) is 0 Å². The molecule has 0 unspecified atom stereocenters. The molecule has 6 heteroatoms. The molecule has 0 amide bonds. The van der Waals surface area contributed by atoms with Gasteiger partial charge in [0.15, 0.2) is 0 Å². The first-order valence-corrected chi connectivity index (χ1v) is 7.61. The third kappa shape index (κ3) is 3.00. The molecule has 108 valence electrons. The summed E-state index contributed by atoms with van der Waals surface area (Å²) in [5, 5.41) is 6.29. The molecule has 2 aromatic rings. The van der Waals surface area contributed by atoms with Gasteiger partial charge in [0.25, 0.3) is 5.12 Å². The molecule has 0 aliphatic heterocycles. The highest BCUT2D eigenvalue weighted by molar-refractivity contribution is 8.06. The Bertz CT molecular complexity index is 792. The van der Waals surface area contributed by atoms with Crippen LogP contribution in [0.5, 0.6) is 0 Å². The number of nitrogen functional groups attached to an aromatic ring is 1. The molecule has 0 aliphatic carbocycles. The van der Waals surface area contributed by atoms with Crippen LogP contribution in [0.1, 0.15) is 21.5 Å². The summed E-state index contributed by atoms with van der Waals surface area (Å²) in [6.07, 6.45) is 0. The third-order valence-electron chi connectivity index (χ3n) is 3.01. The Labute approximate surface area is 122 Å². The molecule has 0 atom stereocenters. The van der Waals surface area contributed by atoms with Crippen molar-refractivity contribution in [1.82, 2.24) is 0 Å². The summed E-state index contributed by atoms with van der Waals surface area (Å²) in [5.74, 6) is -0.143. The normalized spacial score (nSPS) is 11.1. The molecule has 0 fully saturated rings. The lowest BCUT2D eigenvalue weighted by Gasteiger charge is -2.05. The molecule has 2 aromatic carbocycles. The fraction of sp³-hybridized carbons (Fsp3) is 0.0667. The van der Waals surface area contributed by atoms with Crippen LogP contribution in [0.3, 0.4) is 0 Å². The maximum Gasteiger partial charge on any atom is 0.281 e. The maximum atomic E-state index is 12.2. The smallest absolute Gasteiger partial charge is 0.281 e. The fourth-order valence-electron chi connectivity index (χ4n) is 1.77. The van der Waals surface area contributed by atoms with Gasteiger partial charge in [-0.1, -0.05) is 29.8 Å². The Balaban J connectivity index is 2.38. The van der Waals surface area contributed by atoms with E-state index in [4.69, 9.17) is 11.1 Å². The highest BCUT2D eigenvalue weighted by Gasteiger charge is 2.26. The zero-order chi connectivity index (χ0) is 15.6. The van der Waals surface area contributed by atoms with Crippen molar-refractivity contribution in [3.05, 3.63) is 65.2 Å². The fourth-order valence-corrected chi connectivity index (χ4v) is 2.92. The van der Waals surface area contributed by atoms with Crippen molar-refractivity contribution in [2.45, 2.75) is 11.8 Å². The predicted molar refractivity (Wildman–Crippen MR) is 80.2 cm³/mol. The maximum absolute atomic E-state index is 12.2. The van der Waals surface area contributed by atoms with Gasteiger partial charge in [0.05, 0.1) is 4.90 Å². The summed E-state index contributed by atoms with van der Waals surface area (Å²) >= 11 is 0. The van der Waals surface area contributed by atoms with E-state index in [0.29, 0.717) is 5.56 Å². The number of nitrogens with one attached hydrogen (secondary N) is 1. The monoisotopic (exact) mass is 302 g/mol. The molecule has 0 aliphatic rings. The highest BCUT2D eigenvalue weighted by atomic mass is 32.2. The number of carbonyl (C=O) groups excluding carboxylic acids is 1. The van der Waals surface area contributed by atoms with Gasteiger partial charge < -0.3 is 5.73 Å². The molecule has 2 rings (SSSR count).